The fraction of sp³-hybridized carbons (Fsp3) is 0.571. The Balaban J connectivity index is 0.000000921. The van der Waals surface area contributed by atoms with Crippen LogP contribution in [0.2, 0.25) is 0 Å². The fourth-order valence-electron chi connectivity index (χ4n) is 1.66. The Bertz CT molecular complexity index is 290. The van der Waals surface area contributed by atoms with Crippen LogP contribution in [0.4, 0.5) is 5.69 Å². The summed E-state index contributed by atoms with van der Waals surface area (Å²) in [7, 11) is 0. The average Bonchev–Trinajstić information content (AvgIpc) is 2.26. The standard InChI is InChI=1S/C12H19N.C2H6/c1-4-6-11-7-9(3)12(13)8-10(11)5-2;1-2/h7-8H,4-6,13H2,1-3H3;1-2H3. The van der Waals surface area contributed by atoms with Crippen molar-refractivity contribution in [3.63, 3.8) is 0 Å². The second-order valence-corrected chi connectivity index (χ2v) is 3.58. The van der Waals surface area contributed by atoms with E-state index in [1.165, 1.54) is 29.5 Å². The van der Waals surface area contributed by atoms with Crippen molar-refractivity contribution in [1.29, 1.82) is 0 Å². The van der Waals surface area contributed by atoms with Gasteiger partial charge in [-0.15, -0.1) is 0 Å². The molecule has 0 bridgehead atoms. The minimum Gasteiger partial charge on any atom is -0.399 e. The van der Waals surface area contributed by atoms with Gasteiger partial charge in [0.25, 0.3) is 0 Å². The second-order valence-electron chi connectivity index (χ2n) is 3.58. The van der Waals surface area contributed by atoms with Crippen LogP contribution in [0.1, 0.15) is 50.8 Å². The monoisotopic (exact) mass is 207 g/mol. The van der Waals surface area contributed by atoms with E-state index in [-0.39, 0.29) is 0 Å². The Morgan fingerprint density at radius 1 is 1.07 bits per heavy atom. The summed E-state index contributed by atoms with van der Waals surface area (Å²) >= 11 is 0. The van der Waals surface area contributed by atoms with E-state index in [0.717, 1.165) is 12.1 Å². The van der Waals surface area contributed by atoms with Crippen LogP contribution in [-0.2, 0) is 12.8 Å². The molecule has 1 nitrogen and oxygen atoms in total. The summed E-state index contributed by atoms with van der Waals surface area (Å²) in [6, 6.07) is 4.36. The molecule has 15 heavy (non-hydrogen) atoms. The third kappa shape index (κ3) is 3.94. The largest absolute Gasteiger partial charge is 0.399 e. The van der Waals surface area contributed by atoms with Crippen LogP contribution in [0.25, 0.3) is 0 Å². The molecule has 0 atom stereocenters. The predicted octanol–water partition coefficient (Wildman–Crippen LogP) is 4.12. The predicted molar refractivity (Wildman–Crippen MR) is 70.3 cm³/mol. The van der Waals surface area contributed by atoms with E-state index in [2.05, 4.69) is 32.9 Å². The number of hydrogen-bond donors (Lipinski definition) is 1. The van der Waals surface area contributed by atoms with Crippen molar-refractivity contribution in [3.05, 3.63) is 28.8 Å². The Morgan fingerprint density at radius 3 is 2.13 bits per heavy atom. The summed E-state index contributed by atoms with van der Waals surface area (Å²) < 4.78 is 0. The molecule has 0 amide bonds. The molecule has 0 saturated heterocycles. The topological polar surface area (TPSA) is 26.0 Å². The lowest BCUT2D eigenvalue weighted by molar-refractivity contribution is 0.898. The highest BCUT2D eigenvalue weighted by atomic mass is 14.6. The molecule has 0 aliphatic rings. The van der Waals surface area contributed by atoms with Crippen molar-refractivity contribution >= 4 is 5.69 Å². The van der Waals surface area contributed by atoms with Crippen LogP contribution >= 0.6 is 0 Å². The number of nitrogen functional groups attached to an aromatic ring is 1. The first-order valence-corrected chi connectivity index (χ1v) is 6.06. The van der Waals surface area contributed by atoms with Gasteiger partial charge in [0.1, 0.15) is 0 Å². The van der Waals surface area contributed by atoms with E-state index in [1.807, 2.05) is 13.8 Å². The minimum atomic E-state index is 0.928. The Labute approximate surface area is 94.7 Å². The summed E-state index contributed by atoms with van der Waals surface area (Å²) in [5, 5.41) is 0. The van der Waals surface area contributed by atoms with E-state index >= 15 is 0 Å². The van der Waals surface area contributed by atoms with Crippen LogP contribution in [-0.4, -0.2) is 0 Å². The van der Waals surface area contributed by atoms with Crippen LogP contribution < -0.4 is 5.73 Å². The number of nitrogens with two attached hydrogens (primary N) is 1. The first-order chi connectivity index (χ1) is 7.19. The zero-order valence-electron chi connectivity index (χ0n) is 10.9. The van der Waals surface area contributed by atoms with Gasteiger partial charge in [-0.1, -0.05) is 40.2 Å². The van der Waals surface area contributed by atoms with Gasteiger partial charge in [0.15, 0.2) is 0 Å². The van der Waals surface area contributed by atoms with Crippen molar-refractivity contribution in [1.82, 2.24) is 0 Å². The van der Waals surface area contributed by atoms with E-state index in [1.54, 1.807) is 0 Å². The highest BCUT2D eigenvalue weighted by molar-refractivity contribution is 5.51. The Morgan fingerprint density at radius 2 is 1.67 bits per heavy atom. The molecule has 0 aromatic heterocycles. The number of anilines is 1. The average molecular weight is 207 g/mol. The Hall–Kier alpha value is -0.980. The summed E-state index contributed by atoms with van der Waals surface area (Å²) in [4.78, 5) is 0. The molecule has 0 aliphatic carbocycles. The van der Waals surface area contributed by atoms with Gasteiger partial charge in [0, 0.05) is 5.69 Å². The molecule has 1 aromatic rings. The number of rotatable bonds is 3. The van der Waals surface area contributed by atoms with Gasteiger partial charge in [0.05, 0.1) is 0 Å². The lowest BCUT2D eigenvalue weighted by Crippen LogP contribution is -1.98. The van der Waals surface area contributed by atoms with Gasteiger partial charge < -0.3 is 5.73 Å². The molecule has 0 fully saturated rings. The summed E-state index contributed by atoms with van der Waals surface area (Å²) in [6.07, 6.45) is 3.46. The second kappa shape index (κ2) is 7.33. The van der Waals surface area contributed by atoms with Crippen LogP contribution in [0, 0.1) is 6.92 Å². The molecule has 1 rings (SSSR count). The highest BCUT2D eigenvalue weighted by Crippen LogP contribution is 2.20. The molecule has 0 aliphatic heterocycles. The zero-order valence-corrected chi connectivity index (χ0v) is 10.9. The molecule has 0 saturated carbocycles. The normalized spacial score (nSPS) is 9.40. The molecular weight excluding hydrogens is 182 g/mol. The molecule has 2 N–H and O–H groups in total. The van der Waals surface area contributed by atoms with Crippen molar-refractivity contribution in [2.75, 3.05) is 5.73 Å². The maximum Gasteiger partial charge on any atom is 0.0346 e. The van der Waals surface area contributed by atoms with Gasteiger partial charge in [-0.2, -0.15) is 0 Å². The summed E-state index contributed by atoms with van der Waals surface area (Å²) in [5.74, 6) is 0. The minimum absolute atomic E-state index is 0.928. The first-order valence-electron chi connectivity index (χ1n) is 6.06. The smallest absolute Gasteiger partial charge is 0.0346 e. The quantitative estimate of drug-likeness (QED) is 0.741. The lowest BCUT2D eigenvalue weighted by Gasteiger charge is -2.10. The van der Waals surface area contributed by atoms with Gasteiger partial charge in [0.2, 0.25) is 0 Å². The third-order valence-corrected chi connectivity index (χ3v) is 2.49. The lowest BCUT2D eigenvalue weighted by atomic mass is 9.98. The van der Waals surface area contributed by atoms with Crippen molar-refractivity contribution < 1.29 is 0 Å². The first kappa shape index (κ1) is 14.0. The van der Waals surface area contributed by atoms with Crippen molar-refractivity contribution in [2.45, 2.75) is 53.9 Å². The molecule has 1 aromatic carbocycles. The number of aryl methyl sites for hydroxylation is 3. The van der Waals surface area contributed by atoms with E-state index < -0.39 is 0 Å². The number of hydrogen-bond acceptors (Lipinski definition) is 1. The molecule has 1 heteroatoms. The van der Waals surface area contributed by atoms with Crippen LogP contribution in [0.15, 0.2) is 12.1 Å². The Kier molecular flexibility index (Phi) is 6.85. The molecular formula is C14H25N. The van der Waals surface area contributed by atoms with Crippen molar-refractivity contribution in [3.8, 4) is 0 Å². The van der Waals surface area contributed by atoms with Crippen LogP contribution in [0.3, 0.4) is 0 Å². The molecule has 86 valence electrons. The third-order valence-electron chi connectivity index (χ3n) is 2.49. The number of benzene rings is 1. The molecule has 0 heterocycles. The van der Waals surface area contributed by atoms with Gasteiger partial charge in [-0.25, -0.2) is 0 Å². The van der Waals surface area contributed by atoms with Crippen molar-refractivity contribution in [2.24, 2.45) is 0 Å². The van der Waals surface area contributed by atoms with E-state index in [9.17, 15) is 0 Å². The van der Waals surface area contributed by atoms with Gasteiger partial charge >= 0.3 is 0 Å². The fourth-order valence-corrected chi connectivity index (χ4v) is 1.66. The molecule has 0 radical (unpaired) electrons. The van der Waals surface area contributed by atoms with E-state index in [4.69, 9.17) is 5.73 Å². The summed E-state index contributed by atoms with van der Waals surface area (Å²) in [6.45, 7) is 10.5. The van der Waals surface area contributed by atoms with Gasteiger partial charge in [-0.3, -0.25) is 0 Å². The maximum absolute atomic E-state index is 5.86. The molecule has 0 unspecified atom stereocenters. The zero-order chi connectivity index (χ0) is 11.8. The van der Waals surface area contributed by atoms with E-state index in [0.29, 0.717) is 0 Å². The maximum atomic E-state index is 5.86. The summed E-state index contributed by atoms with van der Waals surface area (Å²) in [5.41, 5.74) is 10.9. The van der Waals surface area contributed by atoms with Crippen LogP contribution in [0.5, 0.6) is 0 Å². The molecule has 0 spiro atoms. The SMILES string of the molecule is CC.CCCc1cc(C)c(N)cc1CC. The highest BCUT2D eigenvalue weighted by Gasteiger charge is 2.02. The van der Waals surface area contributed by atoms with Gasteiger partial charge in [-0.05, 0) is 42.5 Å².